The number of carbonyl (C=O) groups excluding carboxylic acids is 2. The molecule has 0 radical (unpaired) electrons. The molecule has 10 nitrogen and oxygen atoms in total. The molecular weight excluding hydrogens is 712 g/mol. The average Bonchev–Trinajstić information content (AvgIpc) is 3.13. The van der Waals surface area contributed by atoms with E-state index in [4.69, 9.17) is 42.1 Å². The summed E-state index contributed by atoms with van der Waals surface area (Å²) < 4.78 is 37.8. The monoisotopic (exact) mass is 753 g/mol. The Balaban J connectivity index is 1.36. The second-order valence-corrected chi connectivity index (χ2v) is 13.5. The number of esters is 2. The fourth-order valence-electron chi connectivity index (χ4n) is 6.20. The van der Waals surface area contributed by atoms with Gasteiger partial charge in [0, 0.05) is 25.1 Å². The number of rotatable bonds is 14. The highest BCUT2D eigenvalue weighted by Crippen LogP contribution is 2.35. The lowest BCUT2D eigenvalue weighted by atomic mass is 9.95. The fraction of sp³-hybridized carbons (Fsp3) is 0.359. The quantitative estimate of drug-likeness (QED) is 0.0824. The van der Waals surface area contributed by atoms with Crippen molar-refractivity contribution in [3.05, 3.63) is 128 Å². The molecule has 4 atom stereocenters. The van der Waals surface area contributed by atoms with Gasteiger partial charge in [0.15, 0.2) is 23.9 Å². The zero-order valence-electron chi connectivity index (χ0n) is 29.4. The molecule has 4 aromatic rings. The topological polar surface area (TPSA) is 113 Å². The molecule has 1 aliphatic heterocycles. The van der Waals surface area contributed by atoms with Crippen LogP contribution in [0.5, 0.6) is 11.5 Å². The Labute approximate surface area is 312 Å². The van der Waals surface area contributed by atoms with Crippen LogP contribution in [-0.4, -0.2) is 56.8 Å². The van der Waals surface area contributed by atoms with Crippen LogP contribution in [0.1, 0.15) is 65.0 Å². The molecule has 0 amide bonds. The van der Waals surface area contributed by atoms with E-state index in [1.54, 1.807) is 54.6 Å². The molecule has 1 N–H and O–H groups in total. The number of pyridine rings is 1. The largest absolute Gasteiger partial charge is 0.619 e. The van der Waals surface area contributed by atoms with Crippen molar-refractivity contribution in [1.29, 1.82) is 0 Å². The zero-order valence-corrected chi connectivity index (χ0v) is 31.0. The van der Waals surface area contributed by atoms with Gasteiger partial charge in [-0.3, -0.25) is 10.2 Å². The van der Waals surface area contributed by atoms with Gasteiger partial charge in [-0.15, -0.1) is 0 Å². The van der Waals surface area contributed by atoms with Gasteiger partial charge in [0.25, 0.3) is 0 Å². The maximum absolute atomic E-state index is 14.3. The SMILES string of the molecule is CCN1CCC(C)[C@@H](OC(=O)C(NCc2cccc(C(=O)O[C@@H](Cc3c(Cl)c[n+]([O-])cc3Cl)c3ccc(OC)c(OC)c3)c2)c2cccc(F)c2)C1. The molecule has 0 bridgehead atoms. The van der Waals surface area contributed by atoms with E-state index in [2.05, 4.69) is 24.1 Å². The summed E-state index contributed by atoms with van der Waals surface area (Å²) in [6.07, 6.45) is 2.12. The fourth-order valence-corrected chi connectivity index (χ4v) is 6.79. The molecular formula is C39H42Cl2FN3O7. The van der Waals surface area contributed by atoms with Crippen LogP contribution in [0, 0.1) is 16.9 Å². The van der Waals surface area contributed by atoms with Gasteiger partial charge in [-0.05, 0) is 78.5 Å². The first-order valence-electron chi connectivity index (χ1n) is 17.0. The van der Waals surface area contributed by atoms with Crippen molar-refractivity contribution in [2.75, 3.05) is 33.9 Å². The molecule has 1 aromatic heterocycles. The van der Waals surface area contributed by atoms with Gasteiger partial charge < -0.3 is 24.2 Å². The van der Waals surface area contributed by atoms with E-state index in [9.17, 15) is 19.2 Å². The number of benzene rings is 3. The Morgan fingerprint density at radius 1 is 1.00 bits per heavy atom. The number of carbonyl (C=O) groups is 2. The number of methoxy groups -OCH3 is 2. The molecule has 2 heterocycles. The summed E-state index contributed by atoms with van der Waals surface area (Å²) in [5.41, 5.74) is 2.33. The van der Waals surface area contributed by atoms with Crippen molar-refractivity contribution in [3.8, 4) is 11.5 Å². The predicted molar refractivity (Wildman–Crippen MR) is 195 cm³/mol. The van der Waals surface area contributed by atoms with E-state index in [0.717, 1.165) is 19.5 Å². The molecule has 0 spiro atoms. The maximum atomic E-state index is 14.3. The number of hydrogen-bond donors (Lipinski definition) is 1. The molecule has 1 saturated heterocycles. The summed E-state index contributed by atoms with van der Waals surface area (Å²) in [7, 11) is 3.01. The predicted octanol–water partition coefficient (Wildman–Crippen LogP) is 7.03. The Morgan fingerprint density at radius 2 is 1.73 bits per heavy atom. The average molecular weight is 755 g/mol. The summed E-state index contributed by atoms with van der Waals surface area (Å²) in [5, 5.41) is 15.4. The molecule has 276 valence electrons. The standard InChI is InChI=1S/C39H42Cl2FN3O7/c1-5-44-15-14-24(2)36(23-44)52-39(47)37(27-9-7-11-29(42)17-27)43-20-25-8-6-10-28(16-25)38(46)51-34(19-30-31(40)21-45(48)22-32(30)41)26-12-13-33(49-3)35(18-26)50-4/h6-13,16-18,21-22,24,34,36-37,43H,5,14-15,19-20,23H2,1-4H3/t24?,34-,36-,37?/m0/s1. The van der Waals surface area contributed by atoms with E-state index in [0.29, 0.717) is 45.0 Å². The zero-order chi connectivity index (χ0) is 37.4. The number of ether oxygens (including phenoxy) is 4. The van der Waals surface area contributed by atoms with Gasteiger partial charge in [-0.1, -0.05) is 67.4 Å². The molecule has 1 fully saturated rings. The third-order valence-electron chi connectivity index (χ3n) is 9.25. The Kier molecular flexibility index (Phi) is 13.3. The number of piperidine rings is 1. The number of nitrogens with one attached hydrogen (secondary N) is 1. The first-order valence-corrected chi connectivity index (χ1v) is 17.7. The molecule has 0 aliphatic carbocycles. The van der Waals surface area contributed by atoms with Crippen molar-refractivity contribution >= 4 is 35.1 Å². The second kappa shape index (κ2) is 17.9. The first kappa shape index (κ1) is 38.8. The van der Waals surface area contributed by atoms with Crippen LogP contribution in [0.15, 0.2) is 79.1 Å². The van der Waals surface area contributed by atoms with E-state index >= 15 is 0 Å². The highest BCUT2D eigenvalue weighted by atomic mass is 35.5. The molecule has 0 saturated carbocycles. The molecule has 1 aliphatic rings. The molecule has 13 heteroatoms. The minimum Gasteiger partial charge on any atom is -0.619 e. The Bertz CT molecular complexity index is 1860. The second-order valence-electron chi connectivity index (χ2n) is 12.7. The highest BCUT2D eigenvalue weighted by Gasteiger charge is 2.32. The van der Waals surface area contributed by atoms with E-state index in [-0.39, 0.29) is 40.6 Å². The van der Waals surface area contributed by atoms with Crippen molar-refractivity contribution in [3.63, 3.8) is 0 Å². The van der Waals surface area contributed by atoms with Gasteiger partial charge in [-0.2, -0.15) is 4.73 Å². The lowest BCUT2D eigenvalue weighted by Crippen LogP contribution is -2.46. The van der Waals surface area contributed by atoms with Crippen LogP contribution < -0.4 is 19.5 Å². The van der Waals surface area contributed by atoms with Crippen LogP contribution in [0.4, 0.5) is 4.39 Å². The minimum absolute atomic E-state index is 0.0496. The van der Waals surface area contributed by atoms with Crippen LogP contribution in [0.2, 0.25) is 10.0 Å². The van der Waals surface area contributed by atoms with Gasteiger partial charge in [-0.25, -0.2) is 14.0 Å². The molecule has 2 unspecified atom stereocenters. The van der Waals surface area contributed by atoms with Crippen molar-refractivity contribution in [1.82, 2.24) is 10.2 Å². The third-order valence-corrected chi connectivity index (χ3v) is 9.91. The van der Waals surface area contributed by atoms with E-state index in [1.165, 1.54) is 38.7 Å². The number of likely N-dealkylation sites (N-methyl/N-ethyl adjacent to an activating group) is 1. The lowest BCUT2D eigenvalue weighted by Gasteiger charge is -2.36. The third kappa shape index (κ3) is 9.71. The Morgan fingerprint density at radius 3 is 2.42 bits per heavy atom. The van der Waals surface area contributed by atoms with Crippen LogP contribution in [0.3, 0.4) is 0 Å². The normalized spacial score (nSPS) is 17.2. The van der Waals surface area contributed by atoms with E-state index < -0.39 is 29.9 Å². The van der Waals surface area contributed by atoms with Crippen LogP contribution >= 0.6 is 23.2 Å². The molecule has 5 rings (SSSR count). The van der Waals surface area contributed by atoms with Crippen LogP contribution in [0.25, 0.3) is 0 Å². The Hall–Kier alpha value is -4.42. The summed E-state index contributed by atoms with van der Waals surface area (Å²) in [4.78, 5) is 29.7. The summed E-state index contributed by atoms with van der Waals surface area (Å²) >= 11 is 12.8. The molecule has 52 heavy (non-hydrogen) atoms. The van der Waals surface area contributed by atoms with Crippen LogP contribution in [-0.2, 0) is 27.2 Å². The van der Waals surface area contributed by atoms with Crippen molar-refractivity contribution < 1.29 is 37.7 Å². The van der Waals surface area contributed by atoms with E-state index in [1.807, 2.05) is 0 Å². The summed E-state index contributed by atoms with van der Waals surface area (Å²) in [5.74, 6) is -0.534. The number of aromatic nitrogens is 1. The lowest BCUT2D eigenvalue weighted by molar-refractivity contribution is -0.605. The number of halogens is 3. The minimum atomic E-state index is -0.960. The maximum Gasteiger partial charge on any atom is 0.338 e. The molecule has 3 aromatic carbocycles. The van der Waals surface area contributed by atoms with Gasteiger partial charge in [0.1, 0.15) is 34.1 Å². The van der Waals surface area contributed by atoms with Gasteiger partial charge in [0.2, 0.25) is 0 Å². The van der Waals surface area contributed by atoms with Gasteiger partial charge in [0.05, 0.1) is 19.8 Å². The van der Waals surface area contributed by atoms with Crippen molar-refractivity contribution in [2.24, 2.45) is 5.92 Å². The smallest absolute Gasteiger partial charge is 0.338 e. The number of likely N-dealkylation sites (tertiary alicyclic amines) is 1. The highest BCUT2D eigenvalue weighted by molar-refractivity contribution is 6.35. The summed E-state index contributed by atoms with van der Waals surface area (Å²) in [6.45, 7) is 6.73. The van der Waals surface area contributed by atoms with Gasteiger partial charge >= 0.3 is 11.9 Å². The first-order chi connectivity index (χ1) is 25.0. The van der Waals surface area contributed by atoms with Crippen molar-refractivity contribution in [2.45, 2.75) is 51.5 Å². The number of hydrogen-bond acceptors (Lipinski definition) is 9. The summed E-state index contributed by atoms with van der Waals surface area (Å²) in [6, 6.07) is 16.8. The number of nitrogens with zero attached hydrogens (tertiary/aromatic N) is 2.